The molecule has 114 valence electrons. The van der Waals surface area contributed by atoms with Crippen LogP contribution in [0.2, 0.25) is 0 Å². The molecule has 7 heteroatoms. The van der Waals surface area contributed by atoms with Gasteiger partial charge in [-0.1, -0.05) is 6.07 Å². The Bertz CT molecular complexity index is 982. The molecule has 3 aromatic heterocycles. The SMILES string of the molecule is Cc1c(C#N)c(N)nc2c3c(sc12)NC(=O)C[C@@H]3c1cccs1. The molecule has 23 heavy (non-hydrogen) atoms. The average Bonchev–Trinajstić information content (AvgIpc) is 3.14. The van der Waals surface area contributed by atoms with Crippen molar-refractivity contribution in [2.45, 2.75) is 19.3 Å². The predicted molar refractivity (Wildman–Crippen MR) is 92.9 cm³/mol. The molecule has 1 aliphatic heterocycles. The van der Waals surface area contributed by atoms with Crippen molar-refractivity contribution in [3.8, 4) is 6.07 Å². The van der Waals surface area contributed by atoms with Gasteiger partial charge in [0.2, 0.25) is 5.91 Å². The minimum Gasteiger partial charge on any atom is -0.383 e. The summed E-state index contributed by atoms with van der Waals surface area (Å²) in [6.07, 6.45) is 0.403. The van der Waals surface area contributed by atoms with Gasteiger partial charge in [-0.05, 0) is 23.9 Å². The number of hydrogen-bond acceptors (Lipinski definition) is 6. The molecule has 0 bridgehead atoms. The molecule has 4 heterocycles. The summed E-state index contributed by atoms with van der Waals surface area (Å²) in [5, 5.41) is 15.0. The lowest BCUT2D eigenvalue weighted by Crippen LogP contribution is -2.21. The van der Waals surface area contributed by atoms with Crippen LogP contribution in [0.3, 0.4) is 0 Å². The Morgan fingerprint density at radius 1 is 1.52 bits per heavy atom. The molecule has 4 rings (SSSR count). The van der Waals surface area contributed by atoms with Crippen molar-refractivity contribution in [1.29, 1.82) is 5.26 Å². The summed E-state index contributed by atoms with van der Waals surface area (Å²) in [5.41, 5.74) is 9.03. The van der Waals surface area contributed by atoms with Gasteiger partial charge in [-0.15, -0.1) is 22.7 Å². The molecule has 0 radical (unpaired) electrons. The standard InChI is InChI=1S/C16H12N4OS2/c1-7-9(6-17)15(18)20-13-12-8(10-3-2-4-22-10)5-11(21)19-16(12)23-14(7)13/h2-4,8H,5H2,1H3,(H2,18,20)(H,19,21)/t8-/m1/s1. The highest BCUT2D eigenvalue weighted by Gasteiger charge is 2.32. The highest BCUT2D eigenvalue weighted by molar-refractivity contribution is 7.23. The van der Waals surface area contributed by atoms with Crippen LogP contribution >= 0.6 is 22.7 Å². The van der Waals surface area contributed by atoms with Gasteiger partial charge in [-0.25, -0.2) is 4.98 Å². The van der Waals surface area contributed by atoms with Gasteiger partial charge in [0.15, 0.2) is 0 Å². The fourth-order valence-corrected chi connectivity index (χ4v) is 5.10. The number of nitrogens with zero attached hydrogens (tertiary/aromatic N) is 2. The molecular formula is C16H12N4OS2. The molecule has 0 fully saturated rings. The van der Waals surface area contributed by atoms with E-state index in [9.17, 15) is 10.1 Å². The zero-order valence-corrected chi connectivity index (χ0v) is 13.8. The second kappa shape index (κ2) is 5.05. The van der Waals surface area contributed by atoms with Crippen molar-refractivity contribution in [3.63, 3.8) is 0 Å². The Balaban J connectivity index is 2.05. The first-order valence-corrected chi connectivity index (χ1v) is 8.75. The number of nitrogens with one attached hydrogen (secondary N) is 1. The Morgan fingerprint density at radius 2 is 2.35 bits per heavy atom. The lowest BCUT2D eigenvalue weighted by Gasteiger charge is -2.21. The second-order valence-electron chi connectivity index (χ2n) is 5.45. The number of aromatic nitrogens is 1. The molecule has 1 amide bonds. The summed E-state index contributed by atoms with van der Waals surface area (Å²) in [6.45, 7) is 1.88. The van der Waals surface area contributed by atoms with Crippen molar-refractivity contribution in [2.75, 3.05) is 11.1 Å². The van der Waals surface area contributed by atoms with Crippen molar-refractivity contribution in [1.82, 2.24) is 4.98 Å². The summed E-state index contributed by atoms with van der Waals surface area (Å²) in [5.74, 6) is 0.250. The number of carbonyl (C=O) groups is 1. The second-order valence-corrected chi connectivity index (χ2v) is 7.45. The summed E-state index contributed by atoms with van der Waals surface area (Å²) in [7, 11) is 0. The molecule has 3 aromatic rings. The Kier molecular flexibility index (Phi) is 3.11. The van der Waals surface area contributed by atoms with E-state index < -0.39 is 0 Å². The van der Waals surface area contributed by atoms with E-state index in [1.54, 1.807) is 11.3 Å². The van der Waals surface area contributed by atoms with E-state index in [1.165, 1.54) is 11.3 Å². The molecular weight excluding hydrogens is 328 g/mol. The number of nitrogen functional groups attached to an aromatic ring is 1. The number of hydrogen-bond donors (Lipinski definition) is 2. The van der Waals surface area contributed by atoms with Crippen LogP contribution in [0.5, 0.6) is 0 Å². The van der Waals surface area contributed by atoms with E-state index in [-0.39, 0.29) is 17.6 Å². The van der Waals surface area contributed by atoms with Crippen molar-refractivity contribution < 1.29 is 4.79 Å². The summed E-state index contributed by atoms with van der Waals surface area (Å²) in [6, 6.07) is 6.15. The van der Waals surface area contributed by atoms with Crippen LogP contribution in [0, 0.1) is 18.3 Å². The molecule has 5 nitrogen and oxygen atoms in total. The third-order valence-electron chi connectivity index (χ3n) is 4.11. The van der Waals surface area contributed by atoms with Crippen molar-refractivity contribution in [2.24, 2.45) is 0 Å². The first-order chi connectivity index (χ1) is 11.1. The van der Waals surface area contributed by atoms with E-state index >= 15 is 0 Å². The first-order valence-electron chi connectivity index (χ1n) is 7.06. The van der Waals surface area contributed by atoms with Gasteiger partial charge < -0.3 is 11.1 Å². The molecule has 0 saturated carbocycles. The summed E-state index contributed by atoms with van der Waals surface area (Å²) >= 11 is 3.11. The van der Waals surface area contributed by atoms with Crippen LogP contribution in [-0.2, 0) is 4.79 Å². The van der Waals surface area contributed by atoms with Gasteiger partial charge in [0, 0.05) is 22.8 Å². The molecule has 0 aliphatic carbocycles. The summed E-state index contributed by atoms with van der Waals surface area (Å²) in [4.78, 5) is 17.7. The van der Waals surface area contributed by atoms with Gasteiger partial charge in [-0.2, -0.15) is 5.26 Å². The van der Waals surface area contributed by atoms with E-state index in [0.29, 0.717) is 12.0 Å². The number of thiophene rings is 2. The van der Waals surface area contributed by atoms with E-state index in [4.69, 9.17) is 5.73 Å². The van der Waals surface area contributed by atoms with Crippen molar-refractivity contribution >= 4 is 49.6 Å². The maximum absolute atomic E-state index is 12.1. The first kappa shape index (κ1) is 14.2. The van der Waals surface area contributed by atoms with Gasteiger partial charge in [0.05, 0.1) is 15.8 Å². The van der Waals surface area contributed by atoms with E-state index in [2.05, 4.69) is 16.4 Å². The minimum absolute atomic E-state index is 0.00765. The van der Waals surface area contributed by atoms with Gasteiger partial charge in [0.1, 0.15) is 16.9 Å². The Hall–Kier alpha value is -2.43. The number of carbonyl (C=O) groups excluding carboxylic acids is 1. The number of nitrogens with two attached hydrogens (primary N) is 1. The Labute approximate surface area is 140 Å². The van der Waals surface area contributed by atoms with Crippen LogP contribution in [0.15, 0.2) is 17.5 Å². The topological polar surface area (TPSA) is 91.8 Å². The van der Waals surface area contributed by atoms with Crippen LogP contribution in [0.4, 0.5) is 10.8 Å². The maximum Gasteiger partial charge on any atom is 0.225 e. The smallest absolute Gasteiger partial charge is 0.225 e. The maximum atomic E-state index is 12.1. The van der Waals surface area contributed by atoms with Crippen LogP contribution in [-0.4, -0.2) is 10.9 Å². The molecule has 0 aromatic carbocycles. The van der Waals surface area contributed by atoms with Crippen LogP contribution in [0.1, 0.15) is 33.9 Å². The molecule has 3 N–H and O–H groups in total. The fourth-order valence-electron chi connectivity index (χ4n) is 3.04. The van der Waals surface area contributed by atoms with Gasteiger partial charge in [0.25, 0.3) is 0 Å². The van der Waals surface area contributed by atoms with E-state index in [0.717, 1.165) is 31.2 Å². The third kappa shape index (κ3) is 2.03. The number of anilines is 2. The predicted octanol–water partition coefficient (Wildman–Crippen LogP) is 3.59. The van der Waals surface area contributed by atoms with Gasteiger partial charge >= 0.3 is 0 Å². The minimum atomic E-state index is -0.00765. The highest BCUT2D eigenvalue weighted by Crippen LogP contribution is 2.48. The zero-order valence-electron chi connectivity index (χ0n) is 12.2. The van der Waals surface area contributed by atoms with E-state index in [1.807, 2.05) is 24.4 Å². The van der Waals surface area contributed by atoms with Crippen LogP contribution < -0.4 is 11.1 Å². The molecule has 1 aliphatic rings. The molecule has 0 saturated heterocycles. The fraction of sp³-hybridized carbons (Fsp3) is 0.188. The number of aryl methyl sites for hydroxylation is 1. The number of fused-ring (bicyclic) bond motifs is 3. The Morgan fingerprint density at radius 3 is 3.04 bits per heavy atom. The lowest BCUT2D eigenvalue weighted by molar-refractivity contribution is -0.116. The molecule has 1 atom stereocenters. The third-order valence-corrected chi connectivity index (χ3v) is 6.33. The normalized spacial score (nSPS) is 16.9. The largest absolute Gasteiger partial charge is 0.383 e. The van der Waals surface area contributed by atoms with Crippen molar-refractivity contribution in [3.05, 3.63) is 39.1 Å². The highest BCUT2D eigenvalue weighted by atomic mass is 32.1. The number of pyridine rings is 1. The number of rotatable bonds is 1. The average molecular weight is 340 g/mol. The summed E-state index contributed by atoms with van der Waals surface area (Å²) < 4.78 is 0.921. The van der Waals surface area contributed by atoms with Gasteiger partial charge in [-0.3, -0.25) is 4.79 Å². The monoisotopic (exact) mass is 340 g/mol. The molecule has 0 spiro atoms. The quantitative estimate of drug-likeness (QED) is 0.708. The number of amides is 1. The number of nitriles is 1. The molecule has 0 unspecified atom stereocenters. The zero-order chi connectivity index (χ0) is 16.1. The lowest BCUT2D eigenvalue weighted by atomic mass is 9.91. The van der Waals surface area contributed by atoms with Crippen LogP contribution in [0.25, 0.3) is 10.2 Å².